The summed E-state index contributed by atoms with van der Waals surface area (Å²) in [4.78, 5) is 16.0. The van der Waals surface area contributed by atoms with Gasteiger partial charge in [0.25, 0.3) is 0 Å². The summed E-state index contributed by atoms with van der Waals surface area (Å²) in [5.74, 6) is 0.391. The minimum Gasteiger partial charge on any atom is -0.493 e. The molecule has 2 heterocycles. The number of nitrogens with one attached hydrogen (secondary N) is 1. The topological polar surface area (TPSA) is 119 Å². The van der Waals surface area contributed by atoms with Crippen LogP contribution in [0.3, 0.4) is 0 Å². The summed E-state index contributed by atoms with van der Waals surface area (Å²) < 4.78 is 17.5. The molecule has 31 heavy (non-hydrogen) atoms. The molecular weight excluding hydrogens is 464 g/mol. The molecule has 0 saturated carbocycles. The summed E-state index contributed by atoms with van der Waals surface area (Å²) in [5, 5.41) is 12.7. The lowest BCUT2D eigenvalue weighted by Crippen LogP contribution is -2.35. The lowest BCUT2D eigenvalue weighted by atomic mass is 9.76. The second-order valence-electron chi connectivity index (χ2n) is 7.04. The van der Waals surface area contributed by atoms with E-state index in [-0.39, 0.29) is 11.8 Å². The van der Waals surface area contributed by atoms with Crippen LogP contribution in [0.2, 0.25) is 0 Å². The van der Waals surface area contributed by atoms with Gasteiger partial charge in [0.1, 0.15) is 11.6 Å². The number of hydrogen-bond donors (Lipinski definition) is 2. The van der Waals surface area contributed by atoms with Crippen molar-refractivity contribution in [2.75, 3.05) is 14.2 Å². The third kappa shape index (κ3) is 3.39. The minimum absolute atomic E-state index is 0.0309. The number of amides is 1. The molecule has 2 aliphatic heterocycles. The maximum Gasteiger partial charge on any atom is 0.221 e. The maximum atomic E-state index is 11.7. The van der Waals surface area contributed by atoms with Gasteiger partial charge in [0.05, 0.1) is 36.3 Å². The molecule has 1 aliphatic carbocycles. The van der Waals surface area contributed by atoms with Crippen molar-refractivity contribution in [3.63, 3.8) is 0 Å². The van der Waals surface area contributed by atoms with Gasteiger partial charge < -0.3 is 25.3 Å². The molecule has 8 nitrogen and oxygen atoms in total. The first-order valence-corrected chi connectivity index (χ1v) is 10.1. The highest BCUT2D eigenvalue weighted by atomic mass is 79.9. The largest absolute Gasteiger partial charge is 0.493 e. The summed E-state index contributed by atoms with van der Waals surface area (Å²) in [6.07, 6.45) is 4.72. The van der Waals surface area contributed by atoms with Gasteiger partial charge in [-0.3, -0.25) is 9.79 Å². The second-order valence-corrected chi connectivity index (χ2v) is 7.90. The lowest BCUT2D eigenvalue weighted by Gasteiger charge is -2.36. The number of carbonyl (C=O) groups is 1. The second kappa shape index (κ2) is 7.96. The molecule has 1 aromatic carbocycles. The van der Waals surface area contributed by atoms with Crippen molar-refractivity contribution in [1.29, 1.82) is 5.26 Å². The zero-order valence-corrected chi connectivity index (χ0v) is 18.6. The van der Waals surface area contributed by atoms with Crippen LogP contribution in [0.25, 0.3) is 0 Å². The lowest BCUT2D eigenvalue weighted by molar-refractivity contribution is -0.118. The Labute approximate surface area is 187 Å². The molecule has 0 radical (unpaired) electrons. The standard InChI is InChI=1S/C22H19BrN4O4/c1-10(28)27-16-9-26-15-5-4-12-18(13(8-24)22(25)31-20(12)19(15)16)11-6-14(23)21(30-3)17(7-11)29-2/h4-7,9,18,20H,25H2,1-3H3,(H,27,28). The Kier molecular flexibility index (Phi) is 5.33. The van der Waals surface area contributed by atoms with Crippen molar-refractivity contribution in [2.24, 2.45) is 10.7 Å². The van der Waals surface area contributed by atoms with Crippen LogP contribution in [0.4, 0.5) is 0 Å². The van der Waals surface area contributed by atoms with Gasteiger partial charge in [-0.2, -0.15) is 5.26 Å². The van der Waals surface area contributed by atoms with E-state index in [0.717, 1.165) is 11.1 Å². The summed E-state index contributed by atoms with van der Waals surface area (Å²) in [6.45, 7) is 1.43. The predicted molar refractivity (Wildman–Crippen MR) is 117 cm³/mol. The SMILES string of the molecule is COc1cc(C2C3=CC=C4N=CC(NC(C)=O)=C4C3OC(N)=C2C#N)cc(Br)c1OC. The number of hydrogen-bond acceptors (Lipinski definition) is 7. The quantitative estimate of drug-likeness (QED) is 0.680. The Bertz CT molecular complexity index is 1190. The van der Waals surface area contributed by atoms with Crippen molar-refractivity contribution in [3.05, 3.63) is 68.3 Å². The molecule has 9 heteroatoms. The molecule has 0 spiro atoms. The Hall–Kier alpha value is -3.51. The number of aliphatic imine (C=N–C) groups is 1. The average molecular weight is 483 g/mol. The molecule has 0 bridgehead atoms. The fourth-order valence-corrected chi connectivity index (χ4v) is 4.62. The molecule has 3 aliphatic rings. The number of benzene rings is 1. The average Bonchev–Trinajstić information content (AvgIpc) is 3.14. The molecule has 0 fully saturated rings. The normalized spacial score (nSPS) is 21.4. The first-order chi connectivity index (χ1) is 14.9. The van der Waals surface area contributed by atoms with Crippen molar-refractivity contribution < 1.29 is 19.0 Å². The van der Waals surface area contributed by atoms with E-state index in [9.17, 15) is 10.1 Å². The molecule has 2 unspecified atom stereocenters. The van der Waals surface area contributed by atoms with Crippen LogP contribution in [0.5, 0.6) is 11.5 Å². The summed E-state index contributed by atoms with van der Waals surface area (Å²) >= 11 is 3.52. The first kappa shape index (κ1) is 20.8. The molecular formula is C22H19BrN4O4. The monoisotopic (exact) mass is 482 g/mol. The van der Waals surface area contributed by atoms with Gasteiger partial charge in [0, 0.05) is 18.4 Å². The molecule has 1 amide bonds. The number of nitriles is 1. The van der Waals surface area contributed by atoms with E-state index >= 15 is 0 Å². The fraction of sp³-hybridized carbons (Fsp3) is 0.227. The van der Waals surface area contributed by atoms with Crippen LogP contribution in [0, 0.1) is 11.3 Å². The Morgan fingerprint density at radius 1 is 1.32 bits per heavy atom. The highest BCUT2D eigenvalue weighted by Crippen LogP contribution is 2.48. The van der Waals surface area contributed by atoms with Gasteiger partial charge in [0.2, 0.25) is 5.91 Å². The van der Waals surface area contributed by atoms with Crippen molar-refractivity contribution in [3.8, 4) is 17.6 Å². The summed E-state index contributed by atoms with van der Waals surface area (Å²) in [7, 11) is 3.10. The number of ether oxygens (including phenoxy) is 3. The van der Waals surface area contributed by atoms with E-state index in [1.54, 1.807) is 20.4 Å². The van der Waals surface area contributed by atoms with E-state index in [0.29, 0.717) is 38.5 Å². The number of nitrogens with two attached hydrogens (primary N) is 1. The molecule has 2 atom stereocenters. The Balaban J connectivity index is 1.90. The smallest absolute Gasteiger partial charge is 0.221 e. The zero-order chi connectivity index (χ0) is 22.3. The van der Waals surface area contributed by atoms with E-state index in [1.807, 2.05) is 24.3 Å². The van der Waals surface area contributed by atoms with E-state index < -0.39 is 12.0 Å². The van der Waals surface area contributed by atoms with Gasteiger partial charge in [-0.25, -0.2) is 0 Å². The number of halogens is 1. The third-order valence-corrected chi connectivity index (χ3v) is 5.84. The highest BCUT2D eigenvalue weighted by molar-refractivity contribution is 9.10. The van der Waals surface area contributed by atoms with Gasteiger partial charge in [-0.15, -0.1) is 0 Å². The number of rotatable bonds is 4. The van der Waals surface area contributed by atoms with Crippen LogP contribution < -0.4 is 20.5 Å². The first-order valence-electron chi connectivity index (χ1n) is 9.35. The van der Waals surface area contributed by atoms with Crippen LogP contribution in [-0.4, -0.2) is 32.4 Å². The molecule has 1 aromatic rings. The number of fused-ring (bicyclic) bond motifs is 3. The molecule has 3 N–H and O–H groups in total. The minimum atomic E-state index is -0.599. The summed E-state index contributed by atoms with van der Waals surface area (Å²) in [5.41, 5.74) is 10.00. The molecule has 158 valence electrons. The fourth-order valence-electron chi connectivity index (χ4n) is 4.00. The van der Waals surface area contributed by atoms with E-state index in [4.69, 9.17) is 19.9 Å². The van der Waals surface area contributed by atoms with Gasteiger partial charge in [0.15, 0.2) is 23.5 Å². The van der Waals surface area contributed by atoms with Crippen LogP contribution >= 0.6 is 15.9 Å². The Morgan fingerprint density at radius 2 is 2.10 bits per heavy atom. The molecule has 0 aromatic heterocycles. The van der Waals surface area contributed by atoms with Gasteiger partial charge in [-0.1, -0.05) is 6.08 Å². The highest BCUT2D eigenvalue weighted by Gasteiger charge is 2.42. The van der Waals surface area contributed by atoms with Crippen LogP contribution in [0.1, 0.15) is 18.4 Å². The van der Waals surface area contributed by atoms with Gasteiger partial charge >= 0.3 is 0 Å². The number of carbonyl (C=O) groups excluding carboxylic acids is 1. The van der Waals surface area contributed by atoms with E-state index in [1.165, 1.54) is 6.92 Å². The number of allylic oxidation sites excluding steroid dienone is 4. The van der Waals surface area contributed by atoms with Crippen LogP contribution in [0.15, 0.2) is 67.7 Å². The maximum absolute atomic E-state index is 11.7. The molecule has 0 saturated heterocycles. The van der Waals surface area contributed by atoms with Crippen LogP contribution in [-0.2, 0) is 9.53 Å². The number of methoxy groups -OCH3 is 2. The van der Waals surface area contributed by atoms with Crippen molar-refractivity contribution in [1.82, 2.24) is 5.32 Å². The van der Waals surface area contributed by atoms with Crippen molar-refractivity contribution >= 4 is 28.1 Å². The zero-order valence-electron chi connectivity index (χ0n) is 17.0. The van der Waals surface area contributed by atoms with E-state index in [2.05, 4.69) is 32.3 Å². The van der Waals surface area contributed by atoms with Gasteiger partial charge in [-0.05, 0) is 45.3 Å². The Morgan fingerprint density at radius 3 is 2.74 bits per heavy atom. The number of nitrogens with zero attached hydrogens (tertiary/aromatic N) is 2. The summed E-state index contributed by atoms with van der Waals surface area (Å²) in [6, 6.07) is 5.87. The van der Waals surface area contributed by atoms with Crippen molar-refractivity contribution in [2.45, 2.75) is 18.9 Å². The predicted octanol–water partition coefficient (Wildman–Crippen LogP) is 2.94. The molecule has 4 rings (SSSR count). The third-order valence-electron chi connectivity index (χ3n) is 5.25.